The Bertz CT molecular complexity index is 757. The number of halogens is 2. The number of rotatable bonds is 4. The SMILES string of the molecule is CC(C)(C(=O)O)c1ccc(NC(=O)c2cccc(F)c2Cl)cc1. The first-order valence-electron chi connectivity index (χ1n) is 6.83. The summed E-state index contributed by atoms with van der Waals surface area (Å²) in [5.41, 5.74) is 0.0580. The van der Waals surface area contributed by atoms with Gasteiger partial charge in [0.2, 0.25) is 0 Å². The number of benzene rings is 2. The molecule has 6 heteroatoms. The summed E-state index contributed by atoms with van der Waals surface area (Å²) in [4.78, 5) is 23.3. The van der Waals surface area contributed by atoms with Crippen molar-refractivity contribution in [1.29, 1.82) is 0 Å². The van der Waals surface area contributed by atoms with Gasteiger partial charge in [0.15, 0.2) is 0 Å². The fourth-order valence-electron chi connectivity index (χ4n) is 1.97. The molecule has 2 aromatic rings. The molecule has 0 heterocycles. The molecule has 0 spiro atoms. The molecule has 0 fully saturated rings. The van der Waals surface area contributed by atoms with Gasteiger partial charge in [-0.2, -0.15) is 0 Å². The molecule has 0 unspecified atom stereocenters. The second-order valence-corrected chi connectivity index (χ2v) is 5.94. The number of carbonyl (C=O) groups is 2. The van der Waals surface area contributed by atoms with Gasteiger partial charge < -0.3 is 10.4 Å². The summed E-state index contributed by atoms with van der Waals surface area (Å²) in [6.45, 7) is 3.19. The van der Waals surface area contributed by atoms with Crippen LogP contribution in [0.3, 0.4) is 0 Å². The van der Waals surface area contributed by atoms with E-state index in [0.717, 1.165) is 0 Å². The number of amides is 1. The van der Waals surface area contributed by atoms with Crippen molar-refractivity contribution in [3.8, 4) is 0 Å². The van der Waals surface area contributed by atoms with Gasteiger partial charge in [-0.25, -0.2) is 4.39 Å². The highest BCUT2D eigenvalue weighted by Gasteiger charge is 2.29. The minimum Gasteiger partial charge on any atom is -0.481 e. The number of anilines is 1. The molecule has 0 saturated carbocycles. The fourth-order valence-corrected chi connectivity index (χ4v) is 2.18. The molecule has 1 amide bonds. The molecule has 2 aromatic carbocycles. The lowest BCUT2D eigenvalue weighted by Crippen LogP contribution is -2.28. The lowest BCUT2D eigenvalue weighted by molar-refractivity contribution is -0.142. The highest BCUT2D eigenvalue weighted by atomic mass is 35.5. The van der Waals surface area contributed by atoms with Crippen molar-refractivity contribution in [1.82, 2.24) is 0 Å². The van der Waals surface area contributed by atoms with E-state index in [1.165, 1.54) is 18.2 Å². The van der Waals surface area contributed by atoms with Crippen LogP contribution in [-0.2, 0) is 10.2 Å². The van der Waals surface area contributed by atoms with Crippen LogP contribution in [0.2, 0.25) is 5.02 Å². The third kappa shape index (κ3) is 3.51. The third-order valence-electron chi connectivity index (χ3n) is 3.60. The average molecular weight is 336 g/mol. The maximum absolute atomic E-state index is 13.4. The topological polar surface area (TPSA) is 66.4 Å². The van der Waals surface area contributed by atoms with Crippen molar-refractivity contribution in [3.63, 3.8) is 0 Å². The molecule has 120 valence electrons. The molecule has 0 radical (unpaired) electrons. The summed E-state index contributed by atoms with van der Waals surface area (Å²) in [5.74, 6) is -2.15. The molecule has 0 bridgehead atoms. The van der Waals surface area contributed by atoms with Gasteiger partial charge in [-0.1, -0.05) is 29.8 Å². The third-order valence-corrected chi connectivity index (χ3v) is 3.98. The van der Waals surface area contributed by atoms with Crippen molar-refractivity contribution >= 4 is 29.2 Å². The number of carbonyl (C=O) groups excluding carboxylic acids is 1. The van der Waals surface area contributed by atoms with E-state index in [4.69, 9.17) is 11.6 Å². The van der Waals surface area contributed by atoms with Crippen molar-refractivity contribution in [2.75, 3.05) is 5.32 Å². The number of nitrogens with one attached hydrogen (secondary N) is 1. The molecule has 0 aromatic heterocycles. The predicted molar refractivity (Wildman–Crippen MR) is 86.5 cm³/mol. The Balaban J connectivity index is 2.20. The number of hydrogen-bond acceptors (Lipinski definition) is 2. The van der Waals surface area contributed by atoms with E-state index in [0.29, 0.717) is 11.3 Å². The fraction of sp³-hybridized carbons (Fsp3) is 0.176. The summed E-state index contributed by atoms with van der Waals surface area (Å²) in [6, 6.07) is 10.4. The monoisotopic (exact) mass is 335 g/mol. The van der Waals surface area contributed by atoms with Crippen molar-refractivity contribution in [2.24, 2.45) is 0 Å². The molecule has 4 nitrogen and oxygen atoms in total. The van der Waals surface area contributed by atoms with Crippen LogP contribution in [0.4, 0.5) is 10.1 Å². The summed E-state index contributed by atoms with van der Waals surface area (Å²) < 4.78 is 13.4. The zero-order chi connectivity index (χ0) is 17.2. The van der Waals surface area contributed by atoms with Gasteiger partial charge in [0.1, 0.15) is 5.82 Å². The average Bonchev–Trinajstić information content (AvgIpc) is 2.50. The maximum Gasteiger partial charge on any atom is 0.313 e. The van der Waals surface area contributed by atoms with E-state index < -0.39 is 23.1 Å². The highest BCUT2D eigenvalue weighted by Crippen LogP contribution is 2.25. The quantitative estimate of drug-likeness (QED) is 0.884. The normalized spacial score (nSPS) is 11.1. The first kappa shape index (κ1) is 17.0. The van der Waals surface area contributed by atoms with Crippen LogP contribution in [0, 0.1) is 5.82 Å². The van der Waals surface area contributed by atoms with Gasteiger partial charge in [-0.15, -0.1) is 0 Å². The zero-order valence-corrected chi connectivity index (χ0v) is 13.3. The molecule has 0 atom stereocenters. The van der Waals surface area contributed by atoms with E-state index in [2.05, 4.69) is 5.32 Å². The maximum atomic E-state index is 13.4. The minimum absolute atomic E-state index is 0.0293. The first-order chi connectivity index (χ1) is 10.7. The number of carboxylic acid groups (broad SMARTS) is 1. The van der Waals surface area contributed by atoms with E-state index in [1.54, 1.807) is 38.1 Å². The molecule has 2 N–H and O–H groups in total. The van der Waals surface area contributed by atoms with Gasteiger partial charge in [0, 0.05) is 5.69 Å². The molecule has 0 aliphatic heterocycles. The molecular weight excluding hydrogens is 321 g/mol. The largest absolute Gasteiger partial charge is 0.481 e. The van der Waals surface area contributed by atoms with Crippen molar-refractivity contribution in [2.45, 2.75) is 19.3 Å². The van der Waals surface area contributed by atoms with Crippen LogP contribution in [0.25, 0.3) is 0 Å². The van der Waals surface area contributed by atoms with E-state index in [-0.39, 0.29) is 10.6 Å². The zero-order valence-electron chi connectivity index (χ0n) is 12.6. The lowest BCUT2D eigenvalue weighted by Gasteiger charge is -2.20. The van der Waals surface area contributed by atoms with E-state index >= 15 is 0 Å². The Labute approximate surface area is 137 Å². The van der Waals surface area contributed by atoms with Crippen molar-refractivity contribution < 1.29 is 19.1 Å². The molecule has 2 rings (SSSR count). The van der Waals surface area contributed by atoms with Gasteiger partial charge in [-0.05, 0) is 43.7 Å². The van der Waals surface area contributed by atoms with Gasteiger partial charge in [-0.3, -0.25) is 9.59 Å². The Morgan fingerprint density at radius 2 is 1.74 bits per heavy atom. The highest BCUT2D eigenvalue weighted by molar-refractivity contribution is 6.34. The number of aliphatic carboxylic acids is 1. The van der Waals surface area contributed by atoms with Gasteiger partial charge in [0.05, 0.1) is 16.0 Å². The smallest absolute Gasteiger partial charge is 0.313 e. The van der Waals surface area contributed by atoms with Crippen LogP contribution >= 0.6 is 11.6 Å². The molecule has 0 saturated heterocycles. The summed E-state index contributed by atoms with van der Waals surface area (Å²) >= 11 is 5.77. The number of carboxylic acids is 1. The minimum atomic E-state index is -1.03. The second-order valence-electron chi connectivity index (χ2n) is 5.56. The Morgan fingerprint density at radius 1 is 1.13 bits per heavy atom. The van der Waals surface area contributed by atoms with Crippen LogP contribution < -0.4 is 5.32 Å². The lowest BCUT2D eigenvalue weighted by atomic mass is 9.85. The Hall–Kier alpha value is -2.40. The van der Waals surface area contributed by atoms with Gasteiger partial charge in [0.25, 0.3) is 5.91 Å². The molecule has 0 aliphatic rings. The molecule has 0 aliphatic carbocycles. The summed E-state index contributed by atoms with van der Waals surface area (Å²) in [5, 5.41) is 11.5. The molecular formula is C17H15ClFNO3. The van der Waals surface area contributed by atoms with Crippen LogP contribution in [-0.4, -0.2) is 17.0 Å². The van der Waals surface area contributed by atoms with Crippen molar-refractivity contribution in [3.05, 3.63) is 64.4 Å². The first-order valence-corrected chi connectivity index (χ1v) is 7.20. The van der Waals surface area contributed by atoms with E-state index in [9.17, 15) is 19.1 Å². The second kappa shape index (κ2) is 6.38. The predicted octanol–water partition coefficient (Wildman–Crippen LogP) is 4.09. The van der Waals surface area contributed by atoms with E-state index in [1.807, 2.05) is 0 Å². The summed E-state index contributed by atoms with van der Waals surface area (Å²) in [6.07, 6.45) is 0. The van der Waals surface area contributed by atoms with Crippen LogP contribution in [0.15, 0.2) is 42.5 Å². The van der Waals surface area contributed by atoms with Gasteiger partial charge >= 0.3 is 5.97 Å². The number of hydrogen-bond donors (Lipinski definition) is 2. The Morgan fingerprint density at radius 3 is 2.30 bits per heavy atom. The molecule has 23 heavy (non-hydrogen) atoms. The van der Waals surface area contributed by atoms with Crippen LogP contribution in [0.1, 0.15) is 29.8 Å². The van der Waals surface area contributed by atoms with Crippen LogP contribution in [0.5, 0.6) is 0 Å². The Kier molecular flexibility index (Phi) is 4.71. The standard InChI is InChI=1S/C17H15ClFNO3/c1-17(2,16(22)23)10-6-8-11(9-7-10)20-15(21)12-4-3-5-13(19)14(12)18/h3-9H,1-2H3,(H,20,21)(H,22,23). The summed E-state index contributed by atoms with van der Waals surface area (Å²) in [7, 11) is 0.